The Bertz CT molecular complexity index is 1060. The molecular weight excluding hydrogens is 336 g/mol. The zero-order valence-corrected chi connectivity index (χ0v) is 14.0. The normalized spacial score (nSPS) is 10.7. The number of rotatable bonds is 6. The molecule has 3 aromatic rings. The SMILES string of the molecule is CC(=O)c1cccc(NC(=O)CCC(=O)c2ccc3[nH]c(=O)oc3c2)c1. The first-order valence-electron chi connectivity index (χ1n) is 7.99. The van der Waals surface area contributed by atoms with Crippen molar-refractivity contribution in [1.82, 2.24) is 4.98 Å². The van der Waals surface area contributed by atoms with Crippen LogP contribution < -0.4 is 11.1 Å². The Labute approximate surface area is 148 Å². The maximum absolute atomic E-state index is 12.2. The van der Waals surface area contributed by atoms with Crippen LogP contribution in [0.3, 0.4) is 0 Å². The largest absolute Gasteiger partial charge is 0.417 e. The average molecular weight is 352 g/mol. The number of carbonyl (C=O) groups is 3. The number of anilines is 1. The molecule has 1 heterocycles. The summed E-state index contributed by atoms with van der Waals surface area (Å²) in [6.07, 6.45) is 0.0106. The minimum atomic E-state index is -0.586. The molecule has 0 spiro atoms. The Hall–Kier alpha value is -3.48. The van der Waals surface area contributed by atoms with E-state index in [0.717, 1.165) is 0 Å². The number of fused-ring (bicyclic) bond motifs is 1. The van der Waals surface area contributed by atoms with Crippen LogP contribution in [0.15, 0.2) is 51.7 Å². The standard InChI is InChI=1S/C19H16N2O5/c1-11(22)12-3-2-4-14(9-12)20-18(24)8-7-16(23)13-5-6-15-17(10-13)26-19(25)21-15/h2-6,9-10H,7-8H2,1H3,(H,20,24)(H,21,25). The summed E-state index contributed by atoms with van der Waals surface area (Å²) in [5.74, 6) is -1.24. The number of H-pyrrole nitrogens is 1. The maximum atomic E-state index is 12.2. The summed E-state index contributed by atoms with van der Waals surface area (Å²) in [6.45, 7) is 1.45. The van der Waals surface area contributed by atoms with E-state index in [1.807, 2.05) is 0 Å². The highest BCUT2D eigenvalue weighted by Crippen LogP contribution is 2.15. The van der Waals surface area contributed by atoms with E-state index in [0.29, 0.717) is 27.9 Å². The molecule has 1 aromatic heterocycles. The van der Waals surface area contributed by atoms with E-state index in [4.69, 9.17) is 4.42 Å². The van der Waals surface area contributed by atoms with Gasteiger partial charge in [-0.1, -0.05) is 12.1 Å². The van der Waals surface area contributed by atoms with Crippen molar-refractivity contribution in [2.75, 3.05) is 5.32 Å². The molecule has 0 aliphatic heterocycles. The Morgan fingerprint density at radius 3 is 2.62 bits per heavy atom. The number of ketones is 2. The van der Waals surface area contributed by atoms with Crippen molar-refractivity contribution in [2.24, 2.45) is 0 Å². The Morgan fingerprint density at radius 2 is 1.85 bits per heavy atom. The van der Waals surface area contributed by atoms with Crippen LogP contribution in [0.4, 0.5) is 5.69 Å². The Balaban J connectivity index is 1.61. The third-order valence-electron chi connectivity index (χ3n) is 3.87. The topological polar surface area (TPSA) is 109 Å². The molecular formula is C19H16N2O5. The molecule has 0 radical (unpaired) electrons. The molecule has 0 saturated carbocycles. The third kappa shape index (κ3) is 3.94. The van der Waals surface area contributed by atoms with Gasteiger partial charge in [-0.3, -0.25) is 19.4 Å². The summed E-state index contributed by atoms with van der Waals surface area (Å²) >= 11 is 0. The molecule has 1 amide bonds. The fourth-order valence-electron chi connectivity index (χ4n) is 2.53. The van der Waals surface area contributed by atoms with Crippen LogP contribution in [0.1, 0.15) is 40.5 Å². The van der Waals surface area contributed by atoms with Crippen LogP contribution >= 0.6 is 0 Å². The van der Waals surface area contributed by atoms with Gasteiger partial charge in [-0.2, -0.15) is 0 Å². The van der Waals surface area contributed by atoms with E-state index in [1.165, 1.54) is 13.0 Å². The lowest BCUT2D eigenvalue weighted by Gasteiger charge is -2.06. The van der Waals surface area contributed by atoms with Gasteiger partial charge < -0.3 is 9.73 Å². The molecule has 3 rings (SSSR count). The molecule has 0 bridgehead atoms. The molecule has 0 aliphatic rings. The highest BCUT2D eigenvalue weighted by atomic mass is 16.4. The number of aromatic nitrogens is 1. The number of Topliss-reactive ketones (excluding diaryl/α,β-unsaturated/α-hetero) is 2. The van der Waals surface area contributed by atoms with Crippen LogP contribution in [0.5, 0.6) is 0 Å². The molecule has 2 N–H and O–H groups in total. The van der Waals surface area contributed by atoms with E-state index in [1.54, 1.807) is 36.4 Å². The van der Waals surface area contributed by atoms with E-state index in [2.05, 4.69) is 10.3 Å². The van der Waals surface area contributed by atoms with Crippen molar-refractivity contribution in [3.63, 3.8) is 0 Å². The van der Waals surface area contributed by atoms with Crippen LogP contribution in [0, 0.1) is 0 Å². The average Bonchev–Trinajstić information content (AvgIpc) is 2.99. The van der Waals surface area contributed by atoms with Crippen LogP contribution in [-0.4, -0.2) is 22.5 Å². The van der Waals surface area contributed by atoms with Gasteiger partial charge in [0.25, 0.3) is 0 Å². The van der Waals surface area contributed by atoms with Crippen molar-refractivity contribution in [3.05, 3.63) is 64.1 Å². The van der Waals surface area contributed by atoms with Gasteiger partial charge in [0.15, 0.2) is 17.1 Å². The number of aromatic amines is 1. The molecule has 0 unspecified atom stereocenters. The summed E-state index contributed by atoms with van der Waals surface area (Å²) < 4.78 is 4.92. The molecule has 0 fully saturated rings. The smallest absolute Gasteiger partial charge is 0.408 e. The zero-order valence-electron chi connectivity index (χ0n) is 14.0. The van der Waals surface area contributed by atoms with Gasteiger partial charge in [-0.25, -0.2) is 4.79 Å². The third-order valence-corrected chi connectivity index (χ3v) is 3.87. The second-order valence-corrected chi connectivity index (χ2v) is 5.83. The summed E-state index contributed by atoms with van der Waals surface area (Å²) in [7, 11) is 0. The minimum absolute atomic E-state index is 0.00173. The van der Waals surface area contributed by atoms with Crippen LogP contribution in [0.25, 0.3) is 11.1 Å². The lowest BCUT2D eigenvalue weighted by molar-refractivity contribution is -0.116. The Morgan fingerprint density at radius 1 is 1.04 bits per heavy atom. The van der Waals surface area contributed by atoms with Gasteiger partial charge in [-0.05, 0) is 37.3 Å². The zero-order chi connectivity index (χ0) is 18.7. The highest BCUT2D eigenvalue weighted by Gasteiger charge is 2.12. The molecule has 26 heavy (non-hydrogen) atoms. The quantitative estimate of drug-likeness (QED) is 0.663. The van der Waals surface area contributed by atoms with E-state index < -0.39 is 5.76 Å². The van der Waals surface area contributed by atoms with Gasteiger partial charge in [0.2, 0.25) is 5.91 Å². The molecule has 7 heteroatoms. The lowest BCUT2D eigenvalue weighted by atomic mass is 10.1. The number of hydrogen-bond acceptors (Lipinski definition) is 5. The number of hydrogen-bond donors (Lipinski definition) is 2. The second kappa shape index (κ2) is 7.18. The van der Waals surface area contributed by atoms with E-state index in [9.17, 15) is 19.2 Å². The number of amides is 1. The first-order chi connectivity index (χ1) is 12.4. The maximum Gasteiger partial charge on any atom is 0.417 e. The molecule has 0 saturated heterocycles. The van der Waals surface area contributed by atoms with Gasteiger partial charge in [0, 0.05) is 29.7 Å². The fraction of sp³-hybridized carbons (Fsp3) is 0.158. The van der Waals surface area contributed by atoms with Crippen molar-refractivity contribution in [3.8, 4) is 0 Å². The van der Waals surface area contributed by atoms with Crippen molar-refractivity contribution in [2.45, 2.75) is 19.8 Å². The van der Waals surface area contributed by atoms with Gasteiger partial charge in [-0.15, -0.1) is 0 Å². The highest BCUT2D eigenvalue weighted by molar-refractivity contribution is 6.02. The molecule has 7 nitrogen and oxygen atoms in total. The van der Waals surface area contributed by atoms with Gasteiger partial charge in [0.1, 0.15) is 0 Å². The van der Waals surface area contributed by atoms with Crippen molar-refractivity contribution >= 4 is 34.3 Å². The summed E-state index contributed by atoms with van der Waals surface area (Å²) in [6, 6.07) is 11.2. The molecule has 0 atom stereocenters. The first kappa shape index (κ1) is 17.3. The van der Waals surface area contributed by atoms with Gasteiger partial charge >= 0.3 is 5.76 Å². The van der Waals surface area contributed by atoms with Crippen molar-refractivity contribution in [1.29, 1.82) is 0 Å². The number of carbonyl (C=O) groups excluding carboxylic acids is 3. The molecule has 2 aromatic carbocycles. The monoisotopic (exact) mass is 352 g/mol. The first-order valence-corrected chi connectivity index (χ1v) is 7.99. The molecule has 132 valence electrons. The molecule has 0 aliphatic carbocycles. The number of oxazole rings is 1. The number of nitrogens with one attached hydrogen (secondary N) is 2. The van der Waals surface area contributed by atoms with E-state index >= 15 is 0 Å². The van der Waals surface area contributed by atoms with E-state index in [-0.39, 0.29) is 30.3 Å². The van der Waals surface area contributed by atoms with Crippen LogP contribution in [0.2, 0.25) is 0 Å². The summed E-state index contributed by atoms with van der Waals surface area (Å²) in [5, 5.41) is 2.67. The lowest BCUT2D eigenvalue weighted by Crippen LogP contribution is -2.13. The fourth-order valence-corrected chi connectivity index (χ4v) is 2.53. The predicted octanol–water partition coefficient (Wildman–Crippen LogP) is 2.93. The van der Waals surface area contributed by atoms with Crippen molar-refractivity contribution < 1.29 is 18.8 Å². The second-order valence-electron chi connectivity index (χ2n) is 5.83. The Kier molecular flexibility index (Phi) is 4.79. The summed E-state index contributed by atoms with van der Waals surface area (Å²) in [5.41, 5.74) is 2.18. The number of benzene rings is 2. The van der Waals surface area contributed by atoms with Gasteiger partial charge in [0.05, 0.1) is 5.52 Å². The van der Waals surface area contributed by atoms with Crippen LogP contribution in [-0.2, 0) is 4.79 Å². The summed E-state index contributed by atoms with van der Waals surface area (Å²) in [4.78, 5) is 49.3. The predicted molar refractivity (Wildman–Crippen MR) is 95.5 cm³/mol. The minimum Gasteiger partial charge on any atom is -0.408 e.